The van der Waals surface area contributed by atoms with Crippen molar-refractivity contribution in [2.75, 3.05) is 10.6 Å². The molecule has 0 spiro atoms. The molecule has 0 saturated carbocycles. The summed E-state index contributed by atoms with van der Waals surface area (Å²) in [5.74, 6) is 0. The van der Waals surface area contributed by atoms with Crippen molar-refractivity contribution in [1.29, 1.82) is 0 Å². The number of hydrogen-bond donors (Lipinski definition) is 4. The lowest BCUT2D eigenvalue weighted by Gasteiger charge is -2.18. The van der Waals surface area contributed by atoms with Crippen LogP contribution in [0.5, 0.6) is 0 Å². The molecule has 0 saturated heterocycles. The zero-order valence-electron chi connectivity index (χ0n) is 15.5. The molecule has 3 aromatic carbocycles. The number of aliphatic hydroxyl groups excluding tert-OH is 1. The topological polar surface area (TPSA) is 113 Å². The van der Waals surface area contributed by atoms with Gasteiger partial charge in [0.05, 0.1) is 10.6 Å². The first kappa shape index (κ1) is 18.7. The number of non-ortho nitro benzene ring substituents is 1. The van der Waals surface area contributed by atoms with Crippen LogP contribution in [0.15, 0.2) is 72.8 Å². The van der Waals surface area contributed by atoms with Crippen LogP contribution in [0.1, 0.15) is 16.7 Å². The molecule has 146 valence electrons. The number of nitro groups is 1. The summed E-state index contributed by atoms with van der Waals surface area (Å²) in [5, 5.41) is 28.4. The summed E-state index contributed by atoms with van der Waals surface area (Å²) in [6, 6.07) is 21.8. The first-order chi connectivity index (χ1) is 14.1. The SMILES string of the molecule is NCc1ccc(/C(Nc2ccccc2)=C2\c3cc([N+](=O)[O-])ccc3NC2O)cc1. The number of fused-ring (bicyclic) bond motifs is 1. The highest BCUT2D eigenvalue weighted by Gasteiger charge is 2.30. The van der Waals surface area contributed by atoms with Crippen molar-refractivity contribution >= 4 is 28.3 Å². The van der Waals surface area contributed by atoms with E-state index >= 15 is 0 Å². The molecule has 1 aliphatic heterocycles. The number of nitrogens with zero attached hydrogens (tertiary/aromatic N) is 1. The summed E-state index contributed by atoms with van der Waals surface area (Å²) in [6.45, 7) is 0.428. The Labute approximate surface area is 167 Å². The number of hydrogen-bond acceptors (Lipinski definition) is 6. The number of rotatable bonds is 5. The Morgan fingerprint density at radius 1 is 1.10 bits per heavy atom. The minimum Gasteiger partial charge on any atom is -0.369 e. The summed E-state index contributed by atoms with van der Waals surface area (Å²) in [4.78, 5) is 10.8. The van der Waals surface area contributed by atoms with Crippen molar-refractivity contribution in [1.82, 2.24) is 0 Å². The lowest BCUT2D eigenvalue weighted by atomic mass is 9.98. The number of nitrogens with two attached hydrogens (primary N) is 1. The maximum Gasteiger partial charge on any atom is 0.270 e. The molecule has 7 heteroatoms. The molecule has 0 amide bonds. The fourth-order valence-electron chi connectivity index (χ4n) is 3.40. The van der Waals surface area contributed by atoms with E-state index in [0.717, 1.165) is 16.8 Å². The lowest BCUT2D eigenvalue weighted by Crippen LogP contribution is -2.16. The predicted octanol–water partition coefficient (Wildman–Crippen LogP) is 3.78. The Kier molecular flexibility index (Phi) is 4.99. The molecule has 0 fully saturated rings. The average Bonchev–Trinajstić information content (AvgIpc) is 3.07. The van der Waals surface area contributed by atoms with Crippen molar-refractivity contribution in [2.24, 2.45) is 5.73 Å². The van der Waals surface area contributed by atoms with Crippen LogP contribution in [0, 0.1) is 10.1 Å². The molecule has 7 nitrogen and oxygen atoms in total. The Balaban J connectivity index is 1.90. The van der Waals surface area contributed by atoms with Crippen LogP contribution >= 0.6 is 0 Å². The van der Waals surface area contributed by atoms with E-state index in [1.807, 2.05) is 54.6 Å². The van der Waals surface area contributed by atoms with Gasteiger partial charge in [-0.15, -0.1) is 0 Å². The smallest absolute Gasteiger partial charge is 0.270 e. The molecule has 29 heavy (non-hydrogen) atoms. The highest BCUT2D eigenvalue weighted by Crippen LogP contribution is 2.41. The van der Waals surface area contributed by atoms with Gasteiger partial charge in [-0.05, 0) is 29.3 Å². The quantitative estimate of drug-likeness (QED) is 0.391. The normalized spacial score (nSPS) is 16.7. The number of aliphatic hydroxyl groups is 1. The minimum atomic E-state index is -1.01. The van der Waals surface area contributed by atoms with E-state index in [4.69, 9.17) is 5.73 Å². The van der Waals surface area contributed by atoms with Gasteiger partial charge in [0.1, 0.15) is 0 Å². The van der Waals surface area contributed by atoms with Crippen LogP contribution in [0.4, 0.5) is 17.1 Å². The van der Waals surface area contributed by atoms with Gasteiger partial charge < -0.3 is 21.5 Å². The van der Waals surface area contributed by atoms with E-state index in [-0.39, 0.29) is 5.69 Å². The Hall–Kier alpha value is -3.68. The summed E-state index contributed by atoms with van der Waals surface area (Å²) in [7, 11) is 0. The van der Waals surface area contributed by atoms with E-state index in [2.05, 4.69) is 10.6 Å². The molecule has 5 N–H and O–H groups in total. The Morgan fingerprint density at radius 2 is 1.83 bits per heavy atom. The Morgan fingerprint density at radius 3 is 2.48 bits per heavy atom. The zero-order valence-corrected chi connectivity index (χ0v) is 15.5. The van der Waals surface area contributed by atoms with E-state index in [9.17, 15) is 15.2 Å². The van der Waals surface area contributed by atoms with Crippen LogP contribution in [0.2, 0.25) is 0 Å². The lowest BCUT2D eigenvalue weighted by molar-refractivity contribution is -0.384. The van der Waals surface area contributed by atoms with Crippen LogP contribution < -0.4 is 16.4 Å². The summed E-state index contributed by atoms with van der Waals surface area (Å²) >= 11 is 0. The van der Waals surface area contributed by atoms with Gasteiger partial charge in [-0.2, -0.15) is 0 Å². The molecular formula is C22H20N4O3. The number of nitrogens with one attached hydrogen (secondary N) is 2. The van der Waals surface area contributed by atoms with Gasteiger partial charge in [0.2, 0.25) is 0 Å². The molecule has 4 rings (SSSR count). The maximum atomic E-state index is 11.3. The second kappa shape index (κ2) is 7.75. The van der Waals surface area contributed by atoms with Crippen LogP contribution in [0.25, 0.3) is 11.3 Å². The highest BCUT2D eigenvalue weighted by atomic mass is 16.6. The Bertz CT molecular complexity index is 1080. The second-order valence-electron chi connectivity index (χ2n) is 6.71. The monoisotopic (exact) mass is 388 g/mol. The fourth-order valence-corrected chi connectivity index (χ4v) is 3.40. The largest absolute Gasteiger partial charge is 0.369 e. The van der Waals surface area contributed by atoms with E-state index in [0.29, 0.717) is 29.1 Å². The van der Waals surface area contributed by atoms with Crippen molar-refractivity contribution in [2.45, 2.75) is 12.8 Å². The van der Waals surface area contributed by atoms with Crippen LogP contribution in [0.3, 0.4) is 0 Å². The molecule has 1 atom stereocenters. The average molecular weight is 388 g/mol. The zero-order chi connectivity index (χ0) is 20.4. The minimum absolute atomic E-state index is 0.0327. The molecule has 0 radical (unpaired) electrons. The van der Waals surface area contributed by atoms with Gasteiger partial charge in [0.25, 0.3) is 5.69 Å². The van der Waals surface area contributed by atoms with Crippen molar-refractivity contribution in [3.8, 4) is 0 Å². The summed E-state index contributed by atoms with van der Waals surface area (Å²) in [6.07, 6.45) is -1.01. The molecule has 1 heterocycles. The van der Waals surface area contributed by atoms with Gasteiger partial charge in [0.15, 0.2) is 6.23 Å². The van der Waals surface area contributed by atoms with Crippen molar-refractivity contribution in [3.63, 3.8) is 0 Å². The van der Waals surface area contributed by atoms with Gasteiger partial charge in [-0.25, -0.2) is 0 Å². The summed E-state index contributed by atoms with van der Waals surface area (Å²) < 4.78 is 0. The standard InChI is InChI=1S/C22H20N4O3/c23-13-14-6-8-15(9-7-14)21(24-16-4-2-1-3-5-16)20-18-12-17(26(28)29)10-11-19(18)25-22(20)27/h1-12,22,24-25,27H,13,23H2/b21-20-. The first-order valence-corrected chi connectivity index (χ1v) is 9.16. The molecule has 0 aromatic heterocycles. The van der Waals surface area contributed by atoms with Crippen molar-refractivity contribution in [3.05, 3.63) is 99.6 Å². The molecule has 0 bridgehead atoms. The van der Waals surface area contributed by atoms with E-state index in [1.165, 1.54) is 12.1 Å². The molecule has 0 aliphatic carbocycles. The summed E-state index contributed by atoms with van der Waals surface area (Å²) in [5.41, 5.74) is 10.8. The number of benzene rings is 3. The number of anilines is 2. The van der Waals surface area contributed by atoms with E-state index in [1.54, 1.807) is 6.07 Å². The first-order valence-electron chi connectivity index (χ1n) is 9.16. The second-order valence-corrected chi connectivity index (χ2v) is 6.71. The van der Waals surface area contributed by atoms with Crippen LogP contribution in [-0.2, 0) is 6.54 Å². The third kappa shape index (κ3) is 3.69. The molecule has 1 aliphatic rings. The number of nitro benzene ring substituents is 1. The molecule has 3 aromatic rings. The fraction of sp³-hybridized carbons (Fsp3) is 0.0909. The maximum absolute atomic E-state index is 11.3. The molecule has 1 unspecified atom stereocenters. The third-order valence-electron chi connectivity index (χ3n) is 4.86. The third-order valence-corrected chi connectivity index (χ3v) is 4.86. The molecular weight excluding hydrogens is 368 g/mol. The van der Waals surface area contributed by atoms with Gasteiger partial charge in [-0.3, -0.25) is 10.1 Å². The number of para-hydroxylation sites is 1. The van der Waals surface area contributed by atoms with Crippen molar-refractivity contribution < 1.29 is 10.0 Å². The predicted molar refractivity (Wildman–Crippen MR) is 114 cm³/mol. The van der Waals surface area contributed by atoms with Gasteiger partial charge in [-0.1, -0.05) is 42.5 Å². The van der Waals surface area contributed by atoms with Gasteiger partial charge in [0, 0.05) is 41.2 Å². The van der Waals surface area contributed by atoms with Crippen LogP contribution in [-0.4, -0.2) is 16.3 Å². The highest BCUT2D eigenvalue weighted by molar-refractivity contribution is 6.03. The van der Waals surface area contributed by atoms with Gasteiger partial charge >= 0.3 is 0 Å². The van der Waals surface area contributed by atoms with E-state index < -0.39 is 11.2 Å².